The Morgan fingerprint density at radius 3 is 2.64 bits per heavy atom. The van der Waals surface area contributed by atoms with E-state index in [0.29, 0.717) is 0 Å². The molecule has 0 aromatic heterocycles. The minimum atomic E-state index is 0.830. The maximum atomic E-state index is 4.10. The first-order valence-electron chi connectivity index (χ1n) is 4.59. The second-order valence-corrected chi connectivity index (χ2v) is 3.66. The molecule has 0 aromatic rings. The van der Waals surface area contributed by atoms with Gasteiger partial charge in [-0.1, -0.05) is 30.2 Å². The Bertz CT molecular complexity index is 188. The summed E-state index contributed by atoms with van der Waals surface area (Å²) < 4.78 is 0. The van der Waals surface area contributed by atoms with E-state index in [4.69, 9.17) is 0 Å². The summed E-state index contributed by atoms with van der Waals surface area (Å²) in [6.07, 6.45) is 11.3. The fourth-order valence-corrected chi connectivity index (χ4v) is 1.58. The Labute approximate surface area is 69.0 Å². The summed E-state index contributed by atoms with van der Waals surface area (Å²) >= 11 is 0. The topological polar surface area (TPSA) is 0 Å². The number of hydrogen-bond acceptors (Lipinski definition) is 0. The van der Waals surface area contributed by atoms with Gasteiger partial charge < -0.3 is 0 Å². The van der Waals surface area contributed by atoms with E-state index in [1.54, 1.807) is 0 Å². The monoisotopic (exact) mass is 147 g/mol. The Morgan fingerprint density at radius 1 is 1.55 bits per heavy atom. The van der Waals surface area contributed by atoms with E-state index in [9.17, 15) is 0 Å². The van der Waals surface area contributed by atoms with E-state index in [0.717, 1.165) is 5.92 Å². The van der Waals surface area contributed by atoms with Crippen molar-refractivity contribution in [2.75, 3.05) is 0 Å². The summed E-state index contributed by atoms with van der Waals surface area (Å²) in [4.78, 5) is 0. The largest absolute Gasteiger partial charge is 0.0956 e. The third-order valence-corrected chi connectivity index (χ3v) is 2.84. The molecule has 2 aliphatic rings. The Morgan fingerprint density at radius 2 is 2.27 bits per heavy atom. The van der Waals surface area contributed by atoms with Gasteiger partial charge in [-0.2, -0.15) is 0 Å². The van der Waals surface area contributed by atoms with Crippen LogP contribution in [-0.2, 0) is 0 Å². The van der Waals surface area contributed by atoms with Crippen LogP contribution in [0.15, 0.2) is 23.8 Å². The Hall–Kier alpha value is -0.520. The lowest BCUT2D eigenvalue weighted by atomic mass is 9.78. The van der Waals surface area contributed by atoms with E-state index in [1.807, 2.05) is 0 Å². The minimum absolute atomic E-state index is 0.830. The van der Waals surface area contributed by atoms with Crippen molar-refractivity contribution in [3.05, 3.63) is 30.2 Å². The Kier molecular flexibility index (Phi) is 1.85. The lowest BCUT2D eigenvalue weighted by Gasteiger charge is -2.27. The summed E-state index contributed by atoms with van der Waals surface area (Å²) in [5.41, 5.74) is 2.89. The first-order chi connectivity index (χ1) is 5.36. The van der Waals surface area contributed by atoms with E-state index in [2.05, 4.69) is 19.1 Å². The number of hydrogen-bond donors (Lipinski definition) is 0. The van der Waals surface area contributed by atoms with Gasteiger partial charge in [-0.25, -0.2) is 0 Å². The zero-order valence-electron chi connectivity index (χ0n) is 6.97. The van der Waals surface area contributed by atoms with Crippen molar-refractivity contribution in [2.24, 2.45) is 5.92 Å². The van der Waals surface area contributed by atoms with Gasteiger partial charge in [-0.05, 0) is 38.0 Å². The molecule has 1 radical (unpaired) electrons. The van der Waals surface area contributed by atoms with Crippen molar-refractivity contribution in [2.45, 2.75) is 32.1 Å². The molecule has 0 heteroatoms. The van der Waals surface area contributed by atoms with Crippen LogP contribution in [0, 0.1) is 12.3 Å². The number of rotatable bonds is 2. The van der Waals surface area contributed by atoms with Crippen LogP contribution in [0.1, 0.15) is 32.1 Å². The molecule has 0 saturated heterocycles. The highest BCUT2D eigenvalue weighted by atomic mass is 14.2. The van der Waals surface area contributed by atoms with Crippen LogP contribution in [-0.4, -0.2) is 0 Å². The van der Waals surface area contributed by atoms with E-state index < -0.39 is 0 Å². The van der Waals surface area contributed by atoms with Crippen LogP contribution in [0.3, 0.4) is 0 Å². The molecule has 0 aliphatic heterocycles. The summed E-state index contributed by atoms with van der Waals surface area (Å²) in [6, 6.07) is 0. The lowest BCUT2D eigenvalue weighted by Crippen LogP contribution is -2.12. The molecule has 2 saturated carbocycles. The van der Waals surface area contributed by atoms with Gasteiger partial charge in [0.1, 0.15) is 0 Å². The van der Waals surface area contributed by atoms with E-state index >= 15 is 0 Å². The molecular weight excluding hydrogens is 132 g/mol. The zero-order valence-corrected chi connectivity index (χ0v) is 6.97. The molecular formula is C11H15. The van der Waals surface area contributed by atoms with Crippen LogP contribution in [0.5, 0.6) is 0 Å². The van der Waals surface area contributed by atoms with Crippen LogP contribution >= 0.6 is 0 Å². The molecule has 0 amide bonds. The first kappa shape index (κ1) is 7.15. The molecule has 0 bridgehead atoms. The van der Waals surface area contributed by atoms with Gasteiger partial charge in [-0.3, -0.25) is 0 Å². The zero-order chi connectivity index (χ0) is 7.68. The third-order valence-electron chi connectivity index (χ3n) is 2.84. The highest BCUT2D eigenvalue weighted by Gasteiger charge is 2.20. The molecule has 0 nitrogen and oxygen atoms in total. The van der Waals surface area contributed by atoms with E-state index in [-0.39, 0.29) is 0 Å². The summed E-state index contributed by atoms with van der Waals surface area (Å²) in [7, 11) is 0. The average Bonchev–Trinajstić information content (AvgIpc) is 1.74. The highest BCUT2D eigenvalue weighted by Crippen LogP contribution is 2.35. The second-order valence-electron chi connectivity index (χ2n) is 3.66. The molecule has 0 aromatic carbocycles. The number of allylic oxidation sites excluding steroid dienone is 3. The quantitative estimate of drug-likeness (QED) is 0.562. The highest BCUT2D eigenvalue weighted by molar-refractivity contribution is 5.32. The van der Waals surface area contributed by atoms with Crippen LogP contribution in [0.4, 0.5) is 0 Å². The molecule has 2 fully saturated rings. The van der Waals surface area contributed by atoms with Crippen molar-refractivity contribution >= 4 is 0 Å². The van der Waals surface area contributed by atoms with Gasteiger partial charge in [0.25, 0.3) is 0 Å². The third kappa shape index (κ3) is 1.40. The van der Waals surface area contributed by atoms with Gasteiger partial charge in [-0.15, -0.1) is 0 Å². The van der Waals surface area contributed by atoms with Gasteiger partial charge in [0.2, 0.25) is 0 Å². The normalized spacial score (nSPS) is 27.8. The first-order valence-corrected chi connectivity index (χ1v) is 4.59. The molecule has 0 unspecified atom stereocenters. The maximum absolute atomic E-state index is 4.10. The van der Waals surface area contributed by atoms with Gasteiger partial charge in [0.05, 0.1) is 0 Å². The Balaban J connectivity index is 1.88. The molecule has 2 rings (SSSR count). The molecule has 59 valence electrons. The smallest absolute Gasteiger partial charge is 0.0131 e. The standard InChI is InChI=1S/C11H15/c1-9(11-6-3-7-11)8-10-4-2-5-10/h4,8,11H,1-3,5-7H2. The molecule has 11 heavy (non-hydrogen) atoms. The van der Waals surface area contributed by atoms with Crippen molar-refractivity contribution < 1.29 is 0 Å². The predicted octanol–water partition coefficient (Wildman–Crippen LogP) is 3.27. The molecule has 2 aliphatic carbocycles. The summed E-state index contributed by atoms with van der Waals surface area (Å²) in [5.74, 6) is 0.830. The fraction of sp³-hybridized carbons (Fsp3) is 0.545. The van der Waals surface area contributed by atoms with Crippen molar-refractivity contribution in [3.8, 4) is 0 Å². The summed E-state index contributed by atoms with van der Waals surface area (Å²) in [5, 5.41) is 0. The molecule has 0 atom stereocenters. The second kappa shape index (κ2) is 2.84. The molecule has 0 spiro atoms. The fourth-order valence-electron chi connectivity index (χ4n) is 1.58. The van der Waals surface area contributed by atoms with Crippen LogP contribution in [0.2, 0.25) is 0 Å². The van der Waals surface area contributed by atoms with Gasteiger partial charge in [0, 0.05) is 0 Å². The SMILES string of the molecule is C=C(C=C1[CH]CC1)C1CCC1. The van der Waals surface area contributed by atoms with Crippen molar-refractivity contribution in [3.63, 3.8) is 0 Å². The van der Waals surface area contributed by atoms with Crippen LogP contribution < -0.4 is 0 Å². The molecule has 0 heterocycles. The van der Waals surface area contributed by atoms with Crippen molar-refractivity contribution in [1.29, 1.82) is 0 Å². The molecule has 0 N–H and O–H groups in total. The van der Waals surface area contributed by atoms with Crippen LogP contribution in [0.25, 0.3) is 0 Å². The van der Waals surface area contributed by atoms with Crippen molar-refractivity contribution in [1.82, 2.24) is 0 Å². The minimum Gasteiger partial charge on any atom is -0.0956 e. The van der Waals surface area contributed by atoms with E-state index in [1.165, 1.54) is 43.3 Å². The lowest BCUT2D eigenvalue weighted by molar-refractivity contribution is 0.374. The van der Waals surface area contributed by atoms with Gasteiger partial charge in [0.15, 0.2) is 0 Å². The maximum Gasteiger partial charge on any atom is -0.0131 e. The van der Waals surface area contributed by atoms with Gasteiger partial charge >= 0.3 is 0 Å². The average molecular weight is 147 g/mol. The predicted molar refractivity (Wildman–Crippen MR) is 48.1 cm³/mol. The summed E-state index contributed by atoms with van der Waals surface area (Å²) in [6.45, 7) is 4.10.